The summed E-state index contributed by atoms with van der Waals surface area (Å²) in [4.78, 5) is 0.139. The van der Waals surface area contributed by atoms with E-state index in [1.54, 1.807) is 19.9 Å². The van der Waals surface area contributed by atoms with E-state index in [1.165, 1.54) is 19.2 Å². The molecule has 0 radical (unpaired) electrons. The summed E-state index contributed by atoms with van der Waals surface area (Å²) in [5.41, 5.74) is 0.479. The van der Waals surface area contributed by atoms with Gasteiger partial charge in [0, 0.05) is 12.5 Å². The molecule has 110 valence electrons. The molecule has 0 aliphatic rings. The predicted octanol–water partition coefficient (Wildman–Crippen LogP) is 1.12. The number of sulfonamides is 1. The fourth-order valence-corrected chi connectivity index (χ4v) is 2.82. The van der Waals surface area contributed by atoms with Crippen LogP contribution in [0.4, 0.5) is 0 Å². The topological polar surface area (TPSA) is 75.6 Å². The highest BCUT2D eigenvalue weighted by atomic mass is 32.2. The van der Waals surface area contributed by atoms with Crippen LogP contribution in [0.5, 0.6) is 5.75 Å². The quantitative estimate of drug-likeness (QED) is 0.799. The summed E-state index contributed by atoms with van der Waals surface area (Å²) in [7, 11) is -2.07. The van der Waals surface area contributed by atoms with E-state index in [0.717, 1.165) is 0 Å². The molecule has 0 saturated heterocycles. The van der Waals surface area contributed by atoms with Gasteiger partial charge in [-0.3, -0.25) is 0 Å². The van der Waals surface area contributed by atoms with E-state index >= 15 is 0 Å². The summed E-state index contributed by atoms with van der Waals surface area (Å²) in [6.45, 7) is 3.47. The van der Waals surface area contributed by atoms with E-state index in [0.29, 0.717) is 17.7 Å². The lowest BCUT2D eigenvalue weighted by Crippen LogP contribution is -2.30. The predicted molar refractivity (Wildman–Crippen MR) is 77.0 cm³/mol. The Labute approximate surface area is 120 Å². The van der Waals surface area contributed by atoms with Crippen LogP contribution < -0.4 is 9.46 Å². The van der Waals surface area contributed by atoms with E-state index in [9.17, 15) is 8.42 Å². The maximum absolute atomic E-state index is 12.1. The van der Waals surface area contributed by atoms with Gasteiger partial charge < -0.3 is 9.84 Å². The summed E-state index contributed by atoms with van der Waals surface area (Å²) >= 11 is 0. The minimum absolute atomic E-state index is 0.0395. The lowest BCUT2D eigenvalue weighted by Gasteiger charge is -2.11. The fourth-order valence-electron chi connectivity index (χ4n) is 1.54. The molecule has 0 unspecified atom stereocenters. The normalized spacial score (nSPS) is 11.1. The molecular formula is C14H19NO4S. The van der Waals surface area contributed by atoms with Gasteiger partial charge in [0.15, 0.2) is 0 Å². The first-order chi connectivity index (χ1) is 9.40. The third kappa shape index (κ3) is 4.53. The van der Waals surface area contributed by atoms with Crippen LogP contribution in [0.15, 0.2) is 23.1 Å². The Kier molecular flexibility index (Phi) is 6.02. The van der Waals surface area contributed by atoms with Crippen molar-refractivity contribution in [1.29, 1.82) is 0 Å². The third-order valence-corrected chi connectivity index (χ3v) is 3.99. The Morgan fingerprint density at radius 2 is 2.10 bits per heavy atom. The van der Waals surface area contributed by atoms with Crippen LogP contribution in [0.25, 0.3) is 0 Å². The average Bonchev–Trinajstić information content (AvgIpc) is 2.37. The van der Waals surface area contributed by atoms with Gasteiger partial charge in [0.25, 0.3) is 0 Å². The molecule has 0 spiro atoms. The van der Waals surface area contributed by atoms with Gasteiger partial charge in [-0.2, -0.15) is 0 Å². The van der Waals surface area contributed by atoms with Gasteiger partial charge >= 0.3 is 0 Å². The second kappa shape index (κ2) is 7.29. The number of methoxy groups -OCH3 is 1. The molecule has 1 aromatic rings. The molecule has 0 amide bonds. The molecule has 2 N–H and O–H groups in total. The van der Waals surface area contributed by atoms with Crippen LogP contribution in [-0.4, -0.2) is 33.3 Å². The number of ether oxygens (including phenoxy) is 1. The van der Waals surface area contributed by atoms with Crippen molar-refractivity contribution in [3.8, 4) is 17.6 Å². The van der Waals surface area contributed by atoms with Crippen LogP contribution in [0.1, 0.15) is 25.8 Å². The summed E-state index contributed by atoms with van der Waals surface area (Å²) in [6.07, 6.45) is 0.324. The summed E-state index contributed by atoms with van der Waals surface area (Å²) < 4.78 is 31.8. The molecule has 0 aliphatic carbocycles. The van der Waals surface area contributed by atoms with Gasteiger partial charge in [-0.15, -0.1) is 0 Å². The van der Waals surface area contributed by atoms with E-state index in [-0.39, 0.29) is 17.5 Å². The van der Waals surface area contributed by atoms with E-state index in [2.05, 4.69) is 16.6 Å². The second-order valence-corrected chi connectivity index (χ2v) is 6.13. The number of aliphatic hydroxyl groups is 1. The molecule has 0 atom stereocenters. The zero-order valence-corrected chi connectivity index (χ0v) is 12.6. The number of nitrogens with one attached hydrogen (secondary N) is 1. The van der Waals surface area contributed by atoms with Crippen LogP contribution in [0.3, 0.4) is 0 Å². The van der Waals surface area contributed by atoms with Gasteiger partial charge in [0.1, 0.15) is 5.75 Å². The first-order valence-corrected chi connectivity index (χ1v) is 7.69. The van der Waals surface area contributed by atoms with Crippen LogP contribution in [0, 0.1) is 11.8 Å². The number of hydrogen-bond acceptors (Lipinski definition) is 4. The Hall–Kier alpha value is -1.55. The maximum atomic E-state index is 12.1. The first kappa shape index (κ1) is 16.5. The molecule has 0 heterocycles. The summed E-state index contributed by atoms with van der Waals surface area (Å²) in [5.74, 6) is 6.05. The molecule has 6 heteroatoms. The van der Waals surface area contributed by atoms with Crippen molar-refractivity contribution >= 4 is 10.0 Å². The number of aliphatic hydroxyl groups excluding tert-OH is 1. The largest absolute Gasteiger partial charge is 0.495 e. The molecule has 0 aromatic heterocycles. The van der Waals surface area contributed by atoms with Crippen LogP contribution in [-0.2, 0) is 10.0 Å². The molecule has 0 aliphatic heterocycles. The fraction of sp³-hybridized carbons (Fsp3) is 0.429. The molecule has 1 aromatic carbocycles. The Morgan fingerprint density at radius 3 is 2.65 bits per heavy atom. The van der Waals surface area contributed by atoms with E-state index in [4.69, 9.17) is 9.84 Å². The van der Waals surface area contributed by atoms with Gasteiger partial charge in [-0.1, -0.05) is 11.8 Å². The SMILES string of the molecule is COc1ccc(S(=O)(=O)NC(C)C)cc1C#CCCO. The van der Waals surface area contributed by atoms with Crippen molar-refractivity contribution in [2.45, 2.75) is 31.2 Å². The molecule has 1 rings (SSSR count). The first-order valence-electron chi connectivity index (χ1n) is 6.21. The molecule has 5 nitrogen and oxygen atoms in total. The lowest BCUT2D eigenvalue weighted by atomic mass is 10.2. The summed E-state index contributed by atoms with van der Waals surface area (Å²) in [6, 6.07) is 4.32. The number of hydrogen-bond donors (Lipinski definition) is 2. The lowest BCUT2D eigenvalue weighted by molar-refractivity contribution is 0.305. The smallest absolute Gasteiger partial charge is 0.240 e. The summed E-state index contributed by atoms with van der Waals surface area (Å²) in [5, 5.41) is 8.71. The molecule has 0 bridgehead atoms. The van der Waals surface area contributed by atoms with E-state index in [1.807, 2.05) is 0 Å². The molecule has 20 heavy (non-hydrogen) atoms. The monoisotopic (exact) mass is 297 g/mol. The van der Waals surface area contributed by atoms with Gasteiger partial charge in [-0.25, -0.2) is 13.1 Å². The van der Waals surface area contributed by atoms with E-state index < -0.39 is 10.0 Å². The van der Waals surface area contributed by atoms with Crippen molar-refractivity contribution in [2.24, 2.45) is 0 Å². The second-order valence-electron chi connectivity index (χ2n) is 4.41. The number of benzene rings is 1. The number of rotatable bonds is 5. The van der Waals surface area contributed by atoms with Crippen LogP contribution >= 0.6 is 0 Å². The molecular weight excluding hydrogens is 278 g/mol. The van der Waals surface area contributed by atoms with Crippen LogP contribution in [0.2, 0.25) is 0 Å². The van der Waals surface area contributed by atoms with Crippen molar-refractivity contribution in [3.63, 3.8) is 0 Å². The zero-order valence-electron chi connectivity index (χ0n) is 11.8. The standard InChI is InChI=1S/C14H19NO4S/c1-11(2)15-20(17,18)13-7-8-14(19-3)12(10-13)6-4-5-9-16/h7-8,10-11,15-16H,5,9H2,1-3H3. The van der Waals surface area contributed by atoms with Crippen molar-refractivity contribution in [1.82, 2.24) is 4.72 Å². The van der Waals surface area contributed by atoms with Crippen molar-refractivity contribution in [3.05, 3.63) is 23.8 Å². The van der Waals surface area contributed by atoms with Gasteiger partial charge in [0.05, 0.1) is 24.2 Å². The maximum Gasteiger partial charge on any atom is 0.240 e. The Bertz CT molecular complexity index is 612. The zero-order chi connectivity index (χ0) is 15.2. The van der Waals surface area contributed by atoms with Crippen molar-refractivity contribution < 1.29 is 18.3 Å². The van der Waals surface area contributed by atoms with Crippen molar-refractivity contribution in [2.75, 3.05) is 13.7 Å². The average molecular weight is 297 g/mol. The Balaban J connectivity index is 3.20. The highest BCUT2D eigenvalue weighted by Crippen LogP contribution is 2.21. The van der Waals surface area contributed by atoms with Gasteiger partial charge in [-0.05, 0) is 32.0 Å². The molecule has 0 saturated carbocycles. The third-order valence-electron chi connectivity index (χ3n) is 2.33. The highest BCUT2D eigenvalue weighted by molar-refractivity contribution is 7.89. The highest BCUT2D eigenvalue weighted by Gasteiger charge is 2.16. The molecule has 0 fully saturated rings. The van der Waals surface area contributed by atoms with Gasteiger partial charge in [0.2, 0.25) is 10.0 Å². The minimum Gasteiger partial charge on any atom is -0.495 e. The minimum atomic E-state index is -3.56. The Morgan fingerprint density at radius 1 is 1.40 bits per heavy atom.